The predicted molar refractivity (Wildman–Crippen MR) is 156 cm³/mol. The van der Waals surface area contributed by atoms with E-state index in [9.17, 15) is 0 Å². The van der Waals surface area contributed by atoms with Crippen molar-refractivity contribution in [2.45, 2.75) is 122 Å². The van der Waals surface area contributed by atoms with Gasteiger partial charge in [0.1, 0.15) is 5.82 Å². The summed E-state index contributed by atoms with van der Waals surface area (Å²) < 4.78 is 20.7. The Morgan fingerprint density at radius 3 is 2.11 bits per heavy atom. The normalized spacial score (nSPS) is 25.2. The Bertz CT molecular complexity index is 915. The van der Waals surface area contributed by atoms with E-state index in [0.717, 1.165) is 53.7 Å². The number of halogens is 1. The zero-order valence-electron chi connectivity index (χ0n) is 23.8. The second kappa shape index (κ2) is 14.5. The third-order valence-electron chi connectivity index (χ3n) is 9.72. The topological polar surface area (TPSA) is 9.23 Å². The molecular weight excluding hydrogens is 455 g/mol. The van der Waals surface area contributed by atoms with E-state index in [1.54, 1.807) is 6.07 Å². The Morgan fingerprint density at radius 1 is 0.811 bits per heavy atom. The van der Waals surface area contributed by atoms with Crippen LogP contribution in [0.4, 0.5) is 4.39 Å². The number of methoxy groups -OCH3 is 1. The van der Waals surface area contributed by atoms with E-state index in [-0.39, 0.29) is 5.82 Å². The predicted octanol–water partition coefficient (Wildman–Crippen LogP) is 10.5. The van der Waals surface area contributed by atoms with Crippen LogP contribution in [-0.4, -0.2) is 13.2 Å². The first-order chi connectivity index (χ1) is 18.1. The summed E-state index contributed by atoms with van der Waals surface area (Å²) >= 11 is 0. The molecule has 2 heteroatoms. The molecule has 0 amide bonds. The molecule has 2 saturated carbocycles. The lowest BCUT2D eigenvalue weighted by Crippen LogP contribution is -2.26. The van der Waals surface area contributed by atoms with Gasteiger partial charge in [0.25, 0.3) is 0 Å². The van der Waals surface area contributed by atoms with E-state index in [0.29, 0.717) is 12.0 Å². The number of aryl methyl sites for hydroxylation is 1. The molecule has 4 rings (SSSR count). The van der Waals surface area contributed by atoms with E-state index in [1.807, 2.05) is 13.2 Å². The van der Waals surface area contributed by atoms with Gasteiger partial charge in [0, 0.05) is 12.7 Å². The van der Waals surface area contributed by atoms with Gasteiger partial charge in [0.05, 0.1) is 6.10 Å². The molecule has 2 aromatic carbocycles. The van der Waals surface area contributed by atoms with Crippen LogP contribution in [0.5, 0.6) is 0 Å². The number of hydrogen-bond donors (Lipinski definition) is 0. The van der Waals surface area contributed by atoms with Crippen LogP contribution in [0.2, 0.25) is 0 Å². The van der Waals surface area contributed by atoms with Gasteiger partial charge in [-0.1, -0.05) is 88.8 Å². The smallest absolute Gasteiger partial charge is 0.131 e. The molecule has 0 saturated heterocycles. The first-order valence-corrected chi connectivity index (χ1v) is 15.5. The lowest BCUT2D eigenvalue weighted by molar-refractivity contribution is 0.0264. The number of ether oxygens (including phenoxy) is 1. The zero-order valence-corrected chi connectivity index (χ0v) is 23.8. The van der Waals surface area contributed by atoms with Gasteiger partial charge in [0.2, 0.25) is 0 Å². The average molecular weight is 507 g/mol. The molecule has 1 atom stereocenters. The van der Waals surface area contributed by atoms with Crippen molar-refractivity contribution in [2.24, 2.45) is 17.8 Å². The van der Waals surface area contributed by atoms with Crippen molar-refractivity contribution in [3.63, 3.8) is 0 Å². The van der Waals surface area contributed by atoms with Gasteiger partial charge < -0.3 is 4.74 Å². The Morgan fingerprint density at radius 2 is 1.49 bits per heavy atom. The molecule has 0 aliphatic heterocycles. The number of rotatable bonds is 12. The highest BCUT2D eigenvalue weighted by atomic mass is 19.1. The highest BCUT2D eigenvalue weighted by Crippen LogP contribution is 2.38. The van der Waals surface area contributed by atoms with E-state index in [4.69, 9.17) is 4.74 Å². The summed E-state index contributed by atoms with van der Waals surface area (Å²) in [6, 6.07) is 14.7. The minimum absolute atomic E-state index is 0.0766. The van der Waals surface area contributed by atoms with Crippen LogP contribution in [-0.2, 0) is 11.2 Å². The van der Waals surface area contributed by atoms with Crippen molar-refractivity contribution in [3.8, 4) is 11.1 Å². The Kier molecular flexibility index (Phi) is 11.1. The molecule has 0 N–H and O–H groups in total. The fourth-order valence-corrected chi connectivity index (χ4v) is 7.38. The highest BCUT2D eigenvalue weighted by molar-refractivity contribution is 5.65. The minimum Gasteiger partial charge on any atom is -0.381 e. The monoisotopic (exact) mass is 506 g/mol. The van der Waals surface area contributed by atoms with Crippen molar-refractivity contribution in [3.05, 3.63) is 59.4 Å². The Hall–Kier alpha value is -1.67. The summed E-state index contributed by atoms with van der Waals surface area (Å²) in [5.41, 5.74) is 4.31. The number of unbranched alkanes of at least 4 members (excludes halogenated alkanes) is 1. The summed E-state index contributed by atoms with van der Waals surface area (Å²) in [4.78, 5) is 0. The zero-order chi connectivity index (χ0) is 26.0. The molecule has 0 aromatic heterocycles. The minimum atomic E-state index is -0.0766. The van der Waals surface area contributed by atoms with Crippen molar-refractivity contribution >= 4 is 0 Å². The lowest BCUT2D eigenvalue weighted by Gasteiger charge is -2.32. The van der Waals surface area contributed by atoms with Crippen molar-refractivity contribution in [1.29, 1.82) is 0 Å². The quantitative estimate of drug-likeness (QED) is 0.260. The standard InChI is InChI=1S/C35H51FO/c1-4-8-26-11-16-29(17-12-26)30-20-22-31(23-21-30)33-24-15-28(25-34(33)36)10-7-6-9-27-13-18-32(19-14-27)35(5-2)37-3/h15,20-27,29,32,35H,4-14,16-19H2,1-3H3. The molecule has 0 spiro atoms. The molecular formula is C35H51FO. The van der Waals surface area contributed by atoms with Crippen molar-refractivity contribution in [1.82, 2.24) is 0 Å². The number of benzene rings is 2. The molecule has 0 bridgehead atoms. The molecule has 1 nitrogen and oxygen atoms in total. The van der Waals surface area contributed by atoms with Crippen LogP contribution in [0, 0.1) is 23.6 Å². The molecule has 0 heterocycles. The maximum Gasteiger partial charge on any atom is 0.131 e. The maximum atomic E-state index is 15.1. The summed E-state index contributed by atoms with van der Waals surface area (Å²) in [6.45, 7) is 4.54. The van der Waals surface area contributed by atoms with Gasteiger partial charge in [-0.05, 0) is 104 Å². The van der Waals surface area contributed by atoms with Crippen LogP contribution in [0.3, 0.4) is 0 Å². The van der Waals surface area contributed by atoms with Crippen molar-refractivity contribution in [2.75, 3.05) is 7.11 Å². The van der Waals surface area contributed by atoms with E-state index >= 15 is 4.39 Å². The first kappa shape index (κ1) is 28.3. The SMILES string of the molecule is CCCC1CCC(c2ccc(-c3ccc(CCCCC4CCC(C(CC)OC)CC4)cc3F)cc2)CC1. The summed E-state index contributed by atoms with van der Waals surface area (Å²) in [5.74, 6) is 3.17. The lowest BCUT2D eigenvalue weighted by atomic mass is 9.77. The molecule has 2 fully saturated rings. The van der Waals surface area contributed by atoms with Gasteiger partial charge in [-0.15, -0.1) is 0 Å². The number of hydrogen-bond acceptors (Lipinski definition) is 1. The van der Waals surface area contributed by atoms with Gasteiger partial charge >= 0.3 is 0 Å². The second-order valence-electron chi connectivity index (χ2n) is 12.2. The second-order valence-corrected chi connectivity index (χ2v) is 12.2. The third-order valence-corrected chi connectivity index (χ3v) is 9.72. The molecule has 1 unspecified atom stereocenters. The molecule has 2 aliphatic rings. The summed E-state index contributed by atoms with van der Waals surface area (Å²) in [7, 11) is 1.87. The van der Waals surface area contributed by atoms with Crippen molar-refractivity contribution < 1.29 is 9.13 Å². The van der Waals surface area contributed by atoms with E-state index < -0.39 is 0 Å². The average Bonchev–Trinajstić information content (AvgIpc) is 2.93. The van der Waals surface area contributed by atoms with Crippen LogP contribution >= 0.6 is 0 Å². The maximum absolute atomic E-state index is 15.1. The highest BCUT2D eigenvalue weighted by Gasteiger charge is 2.26. The Balaban J connectivity index is 1.21. The largest absolute Gasteiger partial charge is 0.381 e. The van der Waals surface area contributed by atoms with E-state index in [1.165, 1.54) is 82.6 Å². The summed E-state index contributed by atoms with van der Waals surface area (Å²) in [5, 5.41) is 0. The first-order valence-electron chi connectivity index (χ1n) is 15.5. The molecule has 2 aliphatic carbocycles. The van der Waals surface area contributed by atoms with Crippen LogP contribution in [0.15, 0.2) is 42.5 Å². The Labute approximate surface area is 226 Å². The molecule has 37 heavy (non-hydrogen) atoms. The van der Waals surface area contributed by atoms with Gasteiger partial charge in [-0.3, -0.25) is 0 Å². The molecule has 0 radical (unpaired) electrons. The van der Waals surface area contributed by atoms with Crippen LogP contribution < -0.4 is 0 Å². The van der Waals surface area contributed by atoms with Gasteiger partial charge in [-0.25, -0.2) is 4.39 Å². The van der Waals surface area contributed by atoms with E-state index in [2.05, 4.69) is 44.2 Å². The van der Waals surface area contributed by atoms with Gasteiger partial charge in [-0.2, -0.15) is 0 Å². The molecule has 2 aromatic rings. The van der Waals surface area contributed by atoms with Crippen LogP contribution in [0.1, 0.15) is 121 Å². The third kappa shape index (κ3) is 7.92. The fourth-order valence-electron chi connectivity index (χ4n) is 7.38. The molecule has 204 valence electrons. The van der Waals surface area contributed by atoms with Crippen LogP contribution in [0.25, 0.3) is 11.1 Å². The van der Waals surface area contributed by atoms with Gasteiger partial charge in [0.15, 0.2) is 0 Å². The fraction of sp³-hybridized carbons (Fsp3) is 0.657. The summed E-state index contributed by atoms with van der Waals surface area (Å²) in [6.07, 6.45) is 19.7.